The molecule has 0 aromatic heterocycles. The van der Waals surface area contributed by atoms with Crippen LogP contribution in [0.2, 0.25) is 0 Å². The fraction of sp³-hybridized carbons (Fsp3) is 0.900. The largest absolute Gasteiger partial charge is 0.392 e. The molecule has 0 saturated heterocycles. The molecule has 0 amide bonds. The molecule has 180 valence electrons. The van der Waals surface area contributed by atoms with Gasteiger partial charge in [0, 0.05) is 17.3 Å². The van der Waals surface area contributed by atoms with Crippen LogP contribution in [0.1, 0.15) is 113 Å². The highest BCUT2D eigenvalue weighted by atomic mass is 16.3. The summed E-state index contributed by atoms with van der Waals surface area (Å²) in [5.41, 5.74) is 2.21. The number of ketones is 1. The average molecular weight is 441 g/mol. The number of Topliss-reactive ketones (excluding diaryl/α,β-unsaturated/α-hetero) is 1. The fourth-order valence-electron chi connectivity index (χ4n) is 10.5. The third-order valence-electron chi connectivity index (χ3n) is 12.8. The van der Waals surface area contributed by atoms with E-state index >= 15 is 0 Å². The first-order chi connectivity index (χ1) is 14.6. The van der Waals surface area contributed by atoms with Gasteiger partial charge in [0.25, 0.3) is 0 Å². The Morgan fingerprint density at radius 3 is 2.19 bits per heavy atom. The Morgan fingerprint density at radius 2 is 1.50 bits per heavy atom. The maximum absolute atomic E-state index is 12.9. The Morgan fingerprint density at radius 1 is 0.812 bits per heavy atom. The van der Waals surface area contributed by atoms with E-state index in [1.807, 2.05) is 0 Å². The van der Waals surface area contributed by atoms with E-state index in [0.29, 0.717) is 23.5 Å². The molecule has 32 heavy (non-hydrogen) atoms. The van der Waals surface area contributed by atoms with Crippen molar-refractivity contribution in [1.29, 1.82) is 0 Å². The fourth-order valence-corrected chi connectivity index (χ4v) is 10.5. The first-order valence-corrected chi connectivity index (χ1v) is 13.6. The van der Waals surface area contributed by atoms with Crippen molar-refractivity contribution in [3.05, 3.63) is 11.6 Å². The topological polar surface area (TPSA) is 37.3 Å². The Kier molecular flexibility index (Phi) is 4.71. The second-order valence-corrected chi connectivity index (χ2v) is 15.0. The SMILES string of the molecule is CC1(C)C=C2[C@H]3CC[C@@H]4[C@@]5(C)CCC(=O)C(C)(C)[C@@H]5CC[C@@]4(C)[C@]3(C)C[C@H](O)[C@@]2(C)CC1. The second-order valence-electron chi connectivity index (χ2n) is 15.0. The number of hydrogen-bond donors (Lipinski definition) is 1. The van der Waals surface area contributed by atoms with E-state index < -0.39 is 0 Å². The van der Waals surface area contributed by atoms with Gasteiger partial charge < -0.3 is 5.11 Å². The lowest BCUT2D eigenvalue weighted by Gasteiger charge is -2.72. The highest BCUT2D eigenvalue weighted by Gasteiger charge is 2.69. The lowest BCUT2D eigenvalue weighted by Crippen LogP contribution is -2.67. The first-order valence-electron chi connectivity index (χ1n) is 13.6. The molecule has 8 atom stereocenters. The summed E-state index contributed by atoms with van der Waals surface area (Å²) < 4.78 is 0. The van der Waals surface area contributed by atoms with Crippen molar-refractivity contribution in [3.8, 4) is 0 Å². The number of rotatable bonds is 0. The molecule has 4 fully saturated rings. The number of carbonyl (C=O) groups is 1. The minimum atomic E-state index is -0.239. The summed E-state index contributed by atoms with van der Waals surface area (Å²) in [6.45, 7) is 19.3. The zero-order valence-electron chi connectivity index (χ0n) is 22.1. The monoisotopic (exact) mass is 440 g/mol. The summed E-state index contributed by atoms with van der Waals surface area (Å²) in [4.78, 5) is 12.9. The van der Waals surface area contributed by atoms with Crippen molar-refractivity contribution < 1.29 is 9.90 Å². The number of aliphatic hydroxyl groups is 1. The van der Waals surface area contributed by atoms with Crippen molar-refractivity contribution in [2.45, 2.75) is 119 Å². The molecule has 2 heteroatoms. The summed E-state index contributed by atoms with van der Waals surface area (Å²) in [6, 6.07) is 0. The number of aliphatic hydroxyl groups excluding tert-OH is 1. The molecule has 0 aromatic rings. The zero-order valence-corrected chi connectivity index (χ0v) is 22.1. The Labute approximate surface area is 197 Å². The predicted molar refractivity (Wildman–Crippen MR) is 131 cm³/mol. The first kappa shape index (κ1) is 23.1. The molecule has 0 unspecified atom stereocenters. The van der Waals surface area contributed by atoms with Crippen molar-refractivity contribution in [2.75, 3.05) is 0 Å². The van der Waals surface area contributed by atoms with Crippen molar-refractivity contribution >= 4 is 5.78 Å². The highest BCUT2D eigenvalue weighted by molar-refractivity contribution is 5.85. The molecule has 5 aliphatic carbocycles. The maximum atomic E-state index is 12.9. The predicted octanol–water partition coefficient (Wildman–Crippen LogP) is 7.35. The summed E-state index contributed by atoms with van der Waals surface area (Å²) >= 11 is 0. The quantitative estimate of drug-likeness (QED) is 0.400. The van der Waals surface area contributed by atoms with E-state index in [0.717, 1.165) is 25.7 Å². The van der Waals surface area contributed by atoms with Gasteiger partial charge in [0.1, 0.15) is 5.78 Å². The van der Waals surface area contributed by atoms with E-state index in [4.69, 9.17) is 0 Å². The molecule has 0 bridgehead atoms. The number of carbonyl (C=O) groups excluding carboxylic acids is 1. The Hall–Kier alpha value is -0.630. The van der Waals surface area contributed by atoms with Gasteiger partial charge in [-0.3, -0.25) is 4.79 Å². The summed E-state index contributed by atoms with van der Waals surface area (Å²) in [5, 5.41) is 11.7. The van der Waals surface area contributed by atoms with Crippen LogP contribution in [0.4, 0.5) is 0 Å². The normalized spacial score (nSPS) is 53.9. The number of hydrogen-bond acceptors (Lipinski definition) is 2. The van der Waals surface area contributed by atoms with Gasteiger partial charge in [-0.2, -0.15) is 0 Å². The van der Waals surface area contributed by atoms with Gasteiger partial charge in [-0.25, -0.2) is 0 Å². The van der Waals surface area contributed by atoms with Gasteiger partial charge in [0.2, 0.25) is 0 Å². The molecule has 0 radical (unpaired) electrons. The van der Waals surface area contributed by atoms with Gasteiger partial charge in [0.05, 0.1) is 6.10 Å². The zero-order chi connectivity index (χ0) is 23.5. The average Bonchev–Trinajstić information content (AvgIpc) is 2.68. The standard InChI is InChI=1S/C30H48O2/c1-25(2)15-16-27(5)20(17-25)19-9-10-22-28(6)13-12-23(31)26(3,4)21(28)11-14-29(22,7)30(19,8)18-24(27)32/h17,19,21-22,24,32H,9-16,18H2,1-8H3/t19-,21+,22-,24+,27+,28+,29-,30-/m1/s1. The van der Waals surface area contributed by atoms with Gasteiger partial charge in [-0.1, -0.05) is 67.0 Å². The molecular formula is C30H48O2. The van der Waals surface area contributed by atoms with Crippen LogP contribution in [0.25, 0.3) is 0 Å². The van der Waals surface area contributed by atoms with E-state index in [-0.39, 0.29) is 38.6 Å². The van der Waals surface area contributed by atoms with Gasteiger partial charge in [0.15, 0.2) is 0 Å². The van der Waals surface area contributed by atoms with Crippen LogP contribution in [0.3, 0.4) is 0 Å². The van der Waals surface area contributed by atoms with E-state index in [1.54, 1.807) is 5.57 Å². The Balaban J connectivity index is 1.60. The maximum Gasteiger partial charge on any atom is 0.138 e. The van der Waals surface area contributed by atoms with E-state index in [1.165, 1.54) is 32.1 Å². The van der Waals surface area contributed by atoms with Crippen LogP contribution in [0.5, 0.6) is 0 Å². The van der Waals surface area contributed by atoms with E-state index in [2.05, 4.69) is 61.5 Å². The lowest BCUT2D eigenvalue weighted by atomic mass is 9.32. The molecular weight excluding hydrogens is 392 g/mol. The van der Waals surface area contributed by atoms with Crippen molar-refractivity contribution in [2.24, 2.45) is 50.2 Å². The molecule has 5 rings (SSSR count). The summed E-state index contributed by atoms with van der Waals surface area (Å²) in [5.74, 6) is 2.23. The van der Waals surface area contributed by atoms with Crippen LogP contribution < -0.4 is 0 Å². The van der Waals surface area contributed by atoms with Crippen molar-refractivity contribution in [1.82, 2.24) is 0 Å². The molecule has 0 heterocycles. The van der Waals surface area contributed by atoms with Crippen LogP contribution in [-0.2, 0) is 4.79 Å². The van der Waals surface area contributed by atoms with Crippen molar-refractivity contribution in [3.63, 3.8) is 0 Å². The molecule has 0 spiro atoms. The third kappa shape index (κ3) is 2.65. The summed E-state index contributed by atoms with van der Waals surface area (Å²) in [7, 11) is 0. The highest BCUT2D eigenvalue weighted by Crippen LogP contribution is 2.76. The van der Waals surface area contributed by atoms with E-state index in [9.17, 15) is 9.90 Å². The van der Waals surface area contributed by atoms with Crippen LogP contribution in [-0.4, -0.2) is 17.0 Å². The molecule has 5 aliphatic rings. The van der Waals surface area contributed by atoms with Crippen LogP contribution in [0, 0.1) is 50.2 Å². The van der Waals surface area contributed by atoms with Gasteiger partial charge >= 0.3 is 0 Å². The van der Waals surface area contributed by atoms with Crippen LogP contribution in [0.15, 0.2) is 11.6 Å². The molecule has 2 nitrogen and oxygen atoms in total. The van der Waals surface area contributed by atoms with Gasteiger partial charge in [-0.15, -0.1) is 0 Å². The smallest absolute Gasteiger partial charge is 0.138 e. The second kappa shape index (κ2) is 6.52. The molecule has 4 saturated carbocycles. The van der Waals surface area contributed by atoms with Crippen LogP contribution >= 0.6 is 0 Å². The minimum Gasteiger partial charge on any atom is -0.392 e. The minimum absolute atomic E-state index is 0.0384. The third-order valence-corrected chi connectivity index (χ3v) is 12.8. The lowest BCUT2D eigenvalue weighted by molar-refractivity contribution is -0.223. The molecule has 0 aliphatic heterocycles. The summed E-state index contributed by atoms with van der Waals surface area (Å²) in [6.07, 6.45) is 12.4. The van der Waals surface area contributed by atoms with Gasteiger partial charge in [-0.05, 0) is 90.8 Å². The molecule has 0 aromatic carbocycles. The number of fused-ring (bicyclic) bond motifs is 7. The number of allylic oxidation sites excluding steroid dienone is 1. The molecule has 1 N–H and O–H groups in total. The Bertz CT molecular complexity index is 866.